The fourth-order valence-electron chi connectivity index (χ4n) is 2.09. The van der Waals surface area contributed by atoms with E-state index in [1.807, 2.05) is 20.8 Å². The van der Waals surface area contributed by atoms with Crippen LogP contribution in [0.25, 0.3) is 0 Å². The average molecular weight is 293 g/mol. The fraction of sp³-hybridized carbons (Fsp3) is 0.500. The quantitative estimate of drug-likeness (QED) is 0.845. The minimum absolute atomic E-state index is 0.0795. The van der Waals surface area contributed by atoms with Crippen LogP contribution in [0.2, 0.25) is 0 Å². The first kappa shape index (κ1) is 17.0. The van der Waals surface area contributed by atoms with Crippen molar-refractivity contribution in [3.8, 4) is 5.75 Å². The molecule has 0 radical (unpaired) electrons. The first-order valence-electron chi connectivity index (χ1n) is 6.88. The lowest BCUT2D eigenvalue weighted by atomic mass is 9.91. The molecule has 1 aromatic carbocycles. The van der Waals surface area contributed by atoms with Gasteiger partial charge in [0, 0.05) is 17.9 Å². The zero-order valence-electron chi connectivity index (χ0n) is 13.0. The fourth-order valence-corrected chi connectivity index (χ4v) is 2.09. The van der Waals surface area contributed by atoms with Crippen LogP contribution in [-0.2, 0) is 9.59 Å². The van der Waals surface area contributed by atoms with Crippen molar-refractivity contribution in [3.05, 3.63) is 29.8 Å². The lowest BCUT2D eigenvalue weighted by Gasteiger charge is -2.23. The Hall–Kier alpha value is -2.04. The second-order valence-electron chi connectivity index (χ2n) is 6.07. The summed E-state index contributed by atoms with van der Waals surface area (Å²) < 4.78 is 5.08. The number of hydrogen-bond acceptors (Lipinski definition) is 3. The van der Waals surface area contributed by atoms with E-state index in [1.165, 1.54) is 0 Å². The molecule has 0 fully saturated rings. The Balaban J connectivity index is 2.84. The van der Waals surface area contributed by atoms with E-state index in [-0.39, 0.29) is 30.2 Å². The van der Waals surface area contributed by atoms with Crippen molar-refractivity contribution in [2.24, 2.45) is 0 Å². The van der Waals surface area contributed by atoms with Crippen LogP contribution in [0.3, 0.4) is 0 Å². The summed E-state index contributed by atoms with van der Waals surface area (Å²) in [5, 5.41) is 11.9. The maximum atomic E-state index is 12.0. The molecule has 1 atom stereocenters. The van der Waals surface area contributed by atoms with Crippen molar-refractivity contribution in [1.29, 1.82) is 0 Å². The molecule has 0 bridgehead atoms. The highest BCUT2D eigenvalue weighted by molar-refractivity contribution is 5.79. The first-order valence-corrected chi connectivity index (χ1v) is 6.88. The molecule has 0 aliphatic rings. The van der Waals surface area contributed by atoms with Gasteiger partial charge >= 0.3 is 5.97 Å². The summed E-state index contributed by atoms with van der Waals surface area (Å²) in [6.07, 6.45) is 0.0692. The molecule has 0 saturated heterocycles. The molecule has 116 valence electrons. The molecule has 0 unspecified atom stereocenters. The number of benzene rings is 1. The lowest BCUT2D eigenvalue weighted by molar-refractivity contribution is -0.137. The second kappa shape index (κ2) is 7.11. The second-order valence-corrected chi connectivity index (χ2v) is 6.07. The van der Waals surface area contributed by atoms with E-state index in [2.05, 4.69) is 5.32 Å². The highest BCUT2D eigenvalue weighted by Gasteiger charge is 2.22. The van der Waals surface area contributed by atoms with Crippen LogP contribution in [0, 0.1) is 0 Å². The Kier molecular flexibility index (Phi) is 5.76. The molecular formula is C16H23NO4. The number of ether oxygens (including phenoxy) is 1. The molecule has 0 aliphatic carbocycles. The Labute approximate surface area is 125 Å². The minimum atomic E-state index is -0.917. The van der Waals surface area contributed by atoms with Gasteiger partial charge in [0.05, 0.1) is 13.5 Å². The lowest BCUT2D eigenvalue weighted by Crippen LogP contribution is -2.41. The third kappa shape index (κ3) is 6.29. The van der Waals surface area contributed by atoms with Crippen molar-refractivity contribution >= 4 is 11.9 Å². The van der Waals surface area contributed by atoms with Gasteiger partial charge in [-0.3, -0.25) is 9.59 Å². The van der Waals surface area contributed by atoms with E-state index in [0.717, 1.165) is 5.56 Å². The zero-order valence-corrected chi connectivity index (χ0v) is 13.0. The number of carbonyl (C=O) groups excluding carboxylic acids is 1. The third-order valence-electron chi connectivity index (χ3n) is 2.95. The number of carboxylic acids is 1. The maximum Gasteiger partial charge on any atom is 0.303 e. The van der Waals surface area contributed by atoms with Gasteiger partial charge in [-0.1, -0.05) is 12.1 Å². The van der Waals surface area contributed by atoms with Crippen LogP contribution in [-0.4, -0.2) is 29.6 Å². The predicted octanol–water partition coefficient (Wildman–Crippen LogP) is 2.56. The summed E-state index contributed by atoms with van der Waals surface area (Å²) in [4.78, 5) is 23.0. The van der Waals surface area contributed by atoms with Gasteiger partial charge in [0.25, 0.3) is 0 Å². The highest BCUT2D eigenvalue weighted by Crippen LogP contribution is 2.26. The van der Waals surface area contributed by atoms with E-state index < -0.39 is 5.97 Å². The van der Waals surface area contributed by atoms with E-state index in [9.17, 15) is 9.59 Å². The smallest absolute Gasteiger partial charge is 0.303 e. The van der Waals surface area contributed by atoms with Crippen molar-refractivity contribution in [2.75, 3.05) is 7.11 Å². The molecular weight excluding hydrogens is 270 g/mol. The molecule has 0 saturated carbocycles. The van der Waals surface area contributed by atoms with Gasteiger partial charge in [0.15, 0.2) is 0 Å². The van der Waals surface area contributed by atoms with Crippen molar-refractivity contribution in [3.63, 3.8) is 0 Å². The molecule has 0 aliphatic heterocycles. The van der Waals surface area contributed by atoms with Gasteiger partial charge in [-0.15, -0.1) is 0 Å². The van der Waals surface area contributed by atoms with Gasteiger partial charge in [0.2, 0.25) is 5.91 Å². The molecule has 5 nitrogen and oxygen atoms in total. The van der Waals surface area contributed by atoms with Crippen LogP contribution >= 0.6 is 0 Å². The van der Waals surface area contributed by atoms with Crippen molar-refractivity contribution < 1.29 is 19.4 Å². The number of aliphatic carboxylic acids is 1. The summed E-state index contributed by atoms with van der Waals surface area (Å²) >= 11 is 0. The number of carboxylic acid groups (broad SMARTS) is 1. The maximum absolute atomic E-state index is 12.0. The van der Waals surface area contributed by atoms with Gasteiger partial charge in [-0.25, -0.2) is 0 Å². The number of rotatable bonds is 6. The number of amides is 1. The van der Waals surface area contributed by atoms with Crippen LogP contribution in [0.1, 0.15) is 45.1 Å². The molecule has 5 heteroatoms. The van der Waals surface area contributed by atoms with E-state index >= 15 is 0 Å². The highest BCUT2D eigenvalue weighted by atomic mass is 16.5. The normalized spacial score (nSPS) is 12.6. The summed E-state index contributed by atoms with van der Waals surface area (Å²) in [5.41, 5.74) is 0.493. The standard InChI is InChI=1S/C16H23NO4/c1-16(2,3)17-14(18)9-12(10-15(19)20)11-5-7-13(21-4)8-6-11/h5-8,12H,9-10H2,1-4H3,(H,17,18)(H,19,20)/t12-/m0/s1. The average Bonchev–Trinajstić information content (AvgIpc) is 2.35. The molecule has 2 N–H and O–H groups in total. The molecule has 0 aromatic heterocycles. The van der Waals surface area contributed by atoms with E-state index in [1.54, 1.807) is 31.4 Å². The summed E-state index contributed by atoms with van der Waals surface area (Å²) in [5.74, 6) is -0.716. The first-order chi connectivity index (χ1) is 9.71. The molecule has 21 heavy (non-hydrogen) atoms. The zero-order chi connectivity index (χ0) is 16.0. The van der Waals surface area contributed by atoms with Crippen LogP contribution in [0.5, 0.6) is 5.75 Å². The Morgan fingerprint density at radius 3 is 2.19 bits per heavy atom. The van der Waals surface area contributed by atoms with Gasteiger partial charge in [0.1, 0.15) is 5.75 Å². The number of carbonyl (C=O) groups is 2. The number of nitrogens with one attached hydrogen (secondary N) is 1. The van der Waals surface area contributed by atoms with E-state index in [4.69, 9.17) is 9.84 Å². The van der Waals surface area contributed by atoms with Crippen LogP contribution in [0.4, 0.5) is 0 Å². The van der Waals surface area contributed by atoms with E-state index in [0.29, 0.717) is 5.75 Å². The molecule has 1 rings (SSSR count). The Morgan fingerprint density at radius 2 is 1.76 bits per heavy atom. The monoisotopic (exact) mass is 293 g/mol. The van der Waals surface area contributed by atoms with Crippen LogP contribution < -0.4 is 10.1 Å². The molecule has 1 aromatic rings. The minimum Gasteiger partial charge on any atom is -0.497 e. The van der Waals surface area contributed by atoms with Gasteiger partial charge in [-0.2, -0.15) is 0 Å². The summed E-state index contributed by atoms with van der Waals surface area (Å²) in [7, 11) is 1.57. The van der Waals surface area contributed by atoms with Gasteiger partial charge < -0.3 is 15.2 Å². The molecule has 1 amide bonds. The Bertz CT molecular complexity index is 488. The largest absolute Gasteiger partial charge is 0.497 e. The van der Waals surface area contributed by atoms with Crippen molar-refractivity contribution in [1.82, 2.24) is 5.32 Å². The molecule has 0 heterocycles. The number of methoxy groups -OCH3 is 1. The molecule has 0 spiro atoms. The summed E-state index contributed by atoms with van der Waals surface area (Å²) in [6.45, 7) is 5.68. The predicted molar refractivity (Wildman–Crippen MR) is 80.5 cm³/mol. The topological polar surface area (TPSA) is 75.6 Å². The number of hydrogen-bond donors (Lipinski definition) is 2. The third-order valence-corrected chi connectivity index (χ3v) is 2.95. The van der Waals surface area contributed by atoms with Gasteiger partial charge in [-0.05, 0) is 38.5 Å². The summed E-state index contributed by atoms with van der Waals surface area (Å²) in [6, 6.07) is 7.14. The Morgan fingerprint density at radius 1 is 1.19 bits per heavy atom. The SMILES string of the molecule is COc1ccc([C@H](CC(=O)O)CC(=O)NC(C)(C)C)cc1. The van der Waals surface area contributed by atoms with Crippen molar-refractivity contribution in [2.45, 2.75) is 45.1 Å². The van der Waals surface area contributed by atoms with Crippen LogP contribution in [0.15, 0.2) is 24.3 Å².